The normalized spacial score (nSPS) is 43.0. The molecule has 2 N–H and O–H groups in total. The lowest BCUT2D eigenvalue weighted by Gasteiger charge is -2.47. The van der Waals surface area contributed by atoms with Crippen LogP contribution < -0.4 is 0 Å². The molecule has 0 spiro atoms. The van der Waals surface area contributed by atoms with Gasteiger partial charge >= 0.3 is 5.97 Å². The van der Waals surface area contributed by atoms with E-state index in [0.717, 1.165) is 0 Å². The Morgan fingerprint density at radius 2 is 1.76 bits per heavy atom. The van der Waals surface area contributed by atoms with Gasteiger partial charge in [0.05, 0.1) is 30.8 Å². The number of ether oxygens (including phenoxy) is 7. The third-order valence-electron chi connectivity index (χ3n) is 8.51. The monoisotopic (exact) mass is 648 g/mol. The number of allylic oxidation sites excluding steroid dienone is 3. The molecule has 2 bridgehead atoms. The number of aliphatic hydroxyl groups excluding tert-OH is 1. The van der Waals surface area contributed by atoms with Crippen LogP contribution in [0.1, 0.15) is 72.1 Å². The molecule has 3 aliphatic heterocycles. The van der Waals surface area contributed by atoms with Crippen LogP contribution in [0, 0.1) is 5.92 Å². The van der Waals surface area contributed by atoms with E-state index in [1.54, 1.807) is 26.3 Å². The minimum atomic E-state index is -1.77. The maximum Gasteiger partial charge on any atom is 0.311 e. The number of esters is 1. The second-order valence-electron chi connectivity index (χ2n) is 11.9. The average Bonchev–Trinajstić information content (AvgIpc) is 2.89. The summed E-state index contributed by atoms with van der Waals surface area (Å²) in [5, 5.41) is 22.6. The van der Waals surface area contributed by atoms with Crippen LogP contribution in [0.15, 0.2) is 23.2 Å². The number of hydrogen-bond acceptors (Lipinski definition) is 10. The first-order valence-electron chi connectivity index (χ1n) is 14.6. The molecule has 10 nitrogen and oxygen atoms in total. The van der Waals surface area contributed by atoms with Crippen LogP contribution >= 0.6 is 15.9 Å². The summed E-state index contributed by atoms with van der Waals surface area (Å²) in [6, 6.07) is 0. The Bertz CT molecular complexity index is 885. The Morgan fingerprint density at radius 3 is 2.41 bits per heavy atom. The fourth-order valence-electron chi connectivity index (χ4n) is 6.27. The van der Waals surface area contributed by atoms with Crippen molar-refractivity contribution < 1.29 is 48.2 Å². The molecule has 3 heterocycles. The van der Waals surface area contributed by atoms with Crippen LogP contribution in [0.25, 0.3) is 0 Å². The van der Waals surface area contributed by atoms with Crippen molar-refractivity contribution in [3.05, 3.63) is 23.2 Å². The summed E-state index contributed by atoms with van der Waals surface area (Å²) in [5.74, 6) is -2.42. The van der Waals surface area contributed by atoms with E-state index in [9.17, 15) is 15.0 Å². The molecule has 3 fully saturated rings. The molecule has 41 heavy (non-hydrogen) atoms. The minimum absolute atomic E-state index is 0.0607. The van der Waals surface area contributed by atoms with E-state index in [2.05, 4.69) is 15.9 Å². The Morgan fingerprint density at radius 1 is 1.05 bits per heavy atom. The molecule has 11 heteroatoms. The number of aliphatic hydroxyl groups is 2. The summed E-state index contributed by atoms with van der Waals surface area (Å²) in [4.78, 5) is 15.0. The number of cyclic esters (lactones) is 1. The molecule has 0 aromatic heterocycles. The molecule has 11 atom stereocenters. The number of halogens is 1. The van der Waals surface area contributed by atoms with Gasteiger partial charge in [-0.25, -0.2) is 0 Å². The molecule has 3 rings (SSSR count). The van der Waals surface area contributed by atoms with E-state index in [0.29, 0.717) is 38.5 Å². The molecule has 0 amide bonds. The number of carbonyl (C=O) groups excluding carboxylic acids is 1. The smallest absolute Gasteiger partial charge is 0.311 e. The highest BCUT2D eigenvalue weighted by atomic mass is 79.9. The van der Waals surface area contributed by atoms with Gasteiger partial charge in [0.2, 0.25) is 0 Å². The van der Waals surface area contributed by atoms with Gasteiger partial charge < -0.3 is 43.4 Å². The molecule has 0 aromatic carbocycles. The van der Waals surface area contributed by atoms with E-state index in [1.165, 1.54) is 0 Å². The molecule has 0 unspecified atom stereocenters. The Labute approximate surface area is 252 Å². The highest BCUT2D eigenvalue weighted by molar-refractivity contribution is 9.11. The SMILES string of the molecule is CO[C@@H]1[C@@H](OC)[C@H](C)O[C@@H](O[C@@H]2C[C@@H]3CC[C@@H](C)[C@H](O)C[C@@](C)(CC/C=C/C=C\Br)OC(=O)C[C@](O)(C2)O3)[C@@H]1OC. The molecule has 0 aromatic rings. The standard InChI is InChI=1S/C30H49BrO10/c1-19-11-12-21-15-22(39-28-27(37-6)26(36-5)25(35-4)20(2)38-28)16-30(34,40-21)18-24(33)41-29(3,17-23(19)32)13-9-7-8-10-14-31/h7-8,10,14,19-23,25-28,32,34H,9,11-13,15-18H2,1-6H3/b8-7+,14-10-/t19-,20+,21+,22-,23-,25+,26-,27-,28+,29-,30+/m1/s1. The van der Waals surface area contributed by atoms with Gasteiger partial charge in [-0.05, 0) is 50.4 Å². The summed E-state index contributed by atoms with van der Waals surface area (Å²) >= 11 is 3.24. The lowest BCUT2D eigenvalue weighted by Crippen LogP contribution is -2.60. The van der Waals surface area contributed by atoms with Crippen molar-refractivity contribution in [1.29, 1.82) is 0 Å². The van der Waals surface area contributed by atoms with Crippen LogP contribution in [0.2, 0.25) is 0 Å². The third-order valence-corrected chi connectivity index (χ3v) is 8.82. The second-order valence-corrected chi connectivity index (χ2v) is 12.4. The molecule has 0 aliphatic carbocycles. The average molecular weight is 650 g/mol. The summed E-state index contributed by atoms with van der Waals surface area (Å²) in [7, 11) is 4.76. The highest BCUT2D eigenvalue weighted by Crippen LogP contribution is 2.39. The molecule has 0 radical (unpaired) electrons. The predicted octanol–water partition coefficient (Wildman–Crippen LogP) is 4.15. The van der Waals surface area contributed by atoms with Gasteiger partial charge in [-0.2, -0.15) is 0 Å². The van der Waals surface area contributed by atoms with Gasteiger partial charge in [0, 0.05) is 40.6 Å². The van der Waals surface area contributed by atoms with Gasteiger partial charge in [0.15, 0.2) is 12.1 Å². The lowest BCUT2D eigenvalue weighted by atomic mass is 9.84. The van der Waals surface area contributed by atoms with E-state index < -0.39 is 48.1 Å². The summed E-state index contributed by atoms with van der Waals surface area (Å²) in [5.41, 5.74) is -0.905. The van der Waals surface area contributed by atoms with Crippen LogP contribution in [0.3, 0.4) is 0 Å². The number of methoxy groups -OCH3 is 3. The van der Waals surface area contributed by atoms with Crippen LogP contribution in [0.4, 0.5) is 0 Å². The number of fused-ring (bicyclic) bond motifs is 2. The number of rotatable bonds is 9. The molecule has 3 aliphatic rings. The molecule has 236 valence electrons. The summed E-state index contributed by atoms with van der Waals surface area (Å²) in [6.45, 7) is 5.71. The van der Waals surface area contributed by atoms with Crippen molar-refractivity contribution in [3.63, 3.8) is 0 Å². The van der Waals surface area contributed by atoms with Gasteiger partial charge in [-0.15, -0.1) is 0 Å². The van der Waals surface area contributed by atoms with Crippen molar-refractivity contribution in [2.45, 2.75) is 133 Å². The molecule has 3 saturated heterocycles. The topological polar surface area (TPSA) is 122 Å². The maximum absolute atomic E-state index is 13.2. The zero-order valence-electron chi connectivity index (χ0n) is 25.2. The van der Waals surface area contributed by atoms with Gasteiger partial charge in [0.25, 0.3) is 0 Å². The van der Waals surface area contributed by atoms with E-state index in [-0.39, 0.29) is 37.1 Å². The first kappa shape index (κ1) is 34.6. The number of hydrogen-bond donors (Lipinski definition) is 2. The van der Waals surface area contributed by atoms with Gasteiger partial charge in [0.1, 0.15) is 23.9 Å². The Hall–Kier alpha value is -0.890. The zero-order chi connectivity index (χ0) is 30.2. The first-order chi connectivity index (χ1) is 19.5. The van der Waals surface area contributed by atoms with Crippen molar-refractivity contribution in [2.75, 3.05) is 21.3 Å². The fourth-order valence-corrected chi connectivity index (χ4v) is 6.44. The first-order valence-corrected chi connectivity index (χ1v) is 15.5. The van der Waals surface area contributed by atoms with E-state index in [1.807, 2.05) is 39.0 Å². The van der Waals surface area contributed by atoms with Crippen LogP contribution in [-0.4, -0.2) is 97.9 Å². The van der Waals surface area contributed by atoms with Crippen molar-refractivity contribution >= 4 is 21.9 Å². The highest BCUT2D eigenvalue weighted by Gasteiger charge is 2.50. The molecule has 0 saturated carbocycles. The third kappa shape index (κ3) is 9.55. The van der Waals surface area contributed by atoms with Crippen molar-refractivity contribution in [3.8, 4) is 0 Å². The van der Waals surface area contributed by atoms with Gasteiger partial charge in [-0.3, -0.25) is 4.79 Å². The van der Waals surface area contributed by atoms with Crippen molar-refractivity contribution in [2.24, 2.45) is 5.92 Å². The summed E-state index contributed by atoms with van der Waals surface area (Å²) < 4.78 is 41.7. The van der Waals surface area contributed by atoms with E-state index in [4.69, 9.17) is 33.2 Å². The maximum atomic E-state index is 13.2. The van der Waals surface area contributed by atoms with Crippen LogP contribution in [-0.2, 0) is 38.0 Å². The molecular formula is C30H49BrO10. The summed E-state index contributed by atoms with van der Waals surface area (Å²) in [6.07, 6.45) is 4.75. The largest absolute Gasteiger partial charge is 0.459 e. The van der Waals surface area contributed by atoms with Crippen LogP contribution in [0.5, 0.6) is 0 Å². The quantitative estimate of drug-likeness (QED) is 0.278. The fraction of sp³-hybridized carbons (Fsp3) is 0.833. The second kappa shape index (κ2) is 15.7. The molecular weight excluding hydrogens is 600 g/mol. The Balaban J connectivity index is 1.78. The van der Waals surface area contributed by atoms with Gasteiger partial charge in [-0.1, -0.05) is 41.1 Å². The predicted molar refractivity (Wildman–Crippen MR) is 155 cm³/mol. The van der Waals surface area contributed by atoms with E-state index >= 15 is 0 Å². The zero-order valence-corrected chi connectivity index (χ0v) is 26.8. The van der Waals surface area contributed by atoms with Crippen molar-refractivity contribution in [1.82, 2.24) is 0 Å². The Kier molecular flexibility index (Phi) is 13.3. The number of carbonyl (C=O) groups is 1. The minimum Gasteiger partial charge on any atom is -0.459 e. The lowest BCUT2D eigenvalue weighted by molar-refractivity contribution is -0.339.